The molecule has 8 nitrogen and oxygen atoms in total. The highest BCUT2D eigenvalue weighted by atomic mass is 16.2. The van der Waals surface area contributed by atoms with E-state index in [1.165, 1.54) is 4.90 Å². The van der Waals surface area contributed by atoms with E-state index >= 15 is 0 Å². The topological polar surface area (TPSA) is 97.2 Å². The number of fused-ring (bicyclic) bond motifs is 1. The Morgan fingerprint density at radius 3 is 2.21 bits per heavy atom. The van der Waals surface area contributed by atoms with Crippen molar-refractivity contribution in [3.63, 3.8) is 0 Å². The van der Waals surface area contributed by atoms with E-state index in [0.29, 0.717) is 29.1 Å². The first-order valence-electron chi connectivity index (χ1n) is 10.4. The van der Waals surface area contributed by atoms with Crippen LogP contribution in [-0.4, -0.2) is 37.4 Å². The van der Waals surface area contributed by atoms with Crippen molar-refractivity contribution in [2.24, 2.45) is 0 Å². The molecular formula is C25H19N5O3. The van der Waals surface area contributed by atoms with Gasteiger partial charge in [-0.2, -0.15) is 5.10 Å². The van der Waals surface area contributed by atoms with Gasteiger partial charge in [0.2, 0.25) is 0 Å². The van der Waals surface area contributed by atoms with Gasteiger partial charge in [-0.25, -0.2) is 0 Å². The number of nitrogens with one attached hydrogen (secondary N) is 1. The van der Waals surface area contributed by atoms with Crippen LogP contribution in [0.25, 0.3) is 0 Å². The van der Waals surface area contributed by atoms with Crippen molar-refractivity contribution in [1.29, 1.82) is 0 Å². The molecule has 0 unspecified atom stereocenters. The molecule has 1 N–H and O–H groups in total. The molecule has 3 heterocycles. The monoisotopic (exact) mass is 437 g/mol. The number of carbonyl (C=O) groups excluding carboxylic acids is 3. The van der Waals surface area contributed by atoms with Crippen LogP contribution in [0.15, 0.2) is 85.3 Å². The Balaban J connectivity index is 1.22. The second-order valence-electron chi connectivity index (χ2n) is 7.65. The summed E-state index contributed by atoms with van der Waals surface area (Å²) in [5, 5.41) is 7.15. The van der Waals surface area contributed by atoms with E-state index in [1.54, 1.807) is 77.9 Å². The molecule has 162 valence electrons. The second-order valence-corrected chi connectivity index (χ2v) is 7.65. The van der Waals surface area contributed by atoms with Crippen LogP contribution in [-0.2, 0) is 13.1 Å². The number of anilines is 1. The quantitative estimate of drug-likeness (QED) is 0.467. The van der Waals surface area contributed by atoms with Crippen LogP contribution in [0.2, 0.25) is 0 Å². The number of benzene rings is 2. The molecule has 33 heavy (non-hydrogen) atoms. The summed E-state index contributed by atoms with van der Waals surface area (Å²) in [7, 11) is 0. The van der Waals surface area contributed by atoms with Crippen LogP contribution in [0.5, 0.6) is 0 Å². The van der Waals surface area contributed by atoms with Crippen molar-refractivity contribution >= 4 is 23.5 Å². The van der Waals surface area contributed by atoms with E-state index in [2.05, 4.69) is 15.4 Å². The number of nitrogens with zero attached hydrogens (tertiary/aromatic N) is 4. The maximum Gasteiger partial charge on any atom is 0.261 e. The minimum Gasteiger partial charge on any atom is -0.305 e. The number of hydrogen-bond acceptors (Lipinski definition) is 5. The van der Waals surface area contributed by atoms with E-state index in [1.807, 2.05) is 12.1 Å². The van der Waals surface area contributed by atoms with Crippen LogP contribution >= 0.6 is 0 Å². The molecule has 0 saturated heterocycles. The van der Waals surface area contributed by atoms with Gasteiger partial charge in [0.05, 0.1) is 24.2 Å². The molecule has 0 radical (unpaired) electrons. The van der Waals surface area contributed by atoms with Crippen LogP contribution in [0, 0.1) is 0 Å². The van der Waals surface area contributed by atoms with Gasteiger partial charge in [0.15, 0.2) is 5.82 Å². The van der Waals surface area contributed by atoms with Crippen molar-refractivity contribution in [3.8, 4) is 0 Å². The van der Waals surface area contributed by atoms with Gasteiger partial charge in [-0.15, -0.1) is 0 Å². The van der Waals surface area contributed by atoms with Crippen molar-refractivity contribution in [2.45, 2.75) is 13.1 Å². The molecule has 0 saturated carbocycles. The Labute approximate surface area is 189 Å². The highest BCUT2D eigenvalue weighted by molar-refractivity contribution is 6.21. The lowest BCUT2D eigenvalue weighted by molar-refractivity contribution is 0.0642. The first-order valence-corrected chi connectivity index (χ1v) is 10.4. The van der Waals surface area contributed by atoms with Gasteiger partial charge in [0, 0.05) is 30.2 Å². The summed E-state index contributed by atoms with van der Waals surface area (Å²) < 4.78 is 1.72. The maximum absolute atomic E-state index is 12.6. The number of hydrogen-bond donors (Lipinski definition) is 1. The number of amides is 3. The molecule has 0 fully saturated rings. The Hall–Kier alpha value is -4.59. The molecule has 2 aromatic carbocycles. The van der Waals surface area contributed by atoms with E-state index in [-0.39, 0.29) is 24.3 Å². The first-order chi connectivity index (χ1) is 16.1. The highest BCUT2D eigenvalue weighted by Crippen LogP contribution is 2.24. The normalized spacial score (nSPS) is 12.7. The van der Waals surface area contributed by atoms with Gasteiger partial charge in [-0.05, 0) is 41.5 Å². The second kappa shape index (κ2) is 8.51. The zero-order valence-electron chi connectivity index (χ0n) is 17.5. The molecule has 0 bridgehead atoms. The summed E-state index contributed by atoms with van der Waals surface area (Å²) in [5.74, 6) is -0.466. The molecule has 0 aliphatic carbocycles. The van der Waals surface area contributed by atoms with Gasteiger partial charge < -0.3 is 5.32 Å². The zero-order chi connectivity index (χ0) is 22.8. The minimum atomic E-state index is -0.306. The Morgan fingerprint density at radius 2 is 1.55 bits per heavy atom. The molecule has 0 atom stereocenters. The van der Waals surface area contributed by atoms with Gasteiger partial charge in [0.1, 0.15) is 0 Å². The predicted molar refractivity (Wildman–Crippen MR) is 121 cm³/mol. The van der Waals surface area contributed by atoms with Crippen LogP contribution in [0.4, 0.5) is 5.82 Å². The van der Waals surface area contributed by atoms with Crippen LogP contribution in [0.3, 0.4) is 0 Å². The fourth-order valence-corrected chi connectivity index (χ4v) is 3.71. The van der Waals surface area contributed by atoms with Crippen LogP contribution < -0.4 is 5.32 Å². The standard InChI is InChI=1S/C25H19N5O3/c31-23(27-22-11-13-29(28-22)15-18-4-3-12-26-14-18)19-9-7-17(8-10-19)16-30-24(32)20-5-1-2-6-21(20)25(30)33/h1-14H,15-16H2,(H,27,28,31). The Morgan fingerprint density at radius 1 is 0.818 bits per heavy atom. The Bertz CT molecular complexity index is 1310. The third-order valence-electron chi connectivity index (χ3n) is 5.38. The van der Waals surface area contributed by atoms with Crippen molar-refractivity contribution in [2.75, 3.05) is 5.32 Å². The zero-order valence-corrected chi connectivity index (χ0v) is 17.5. The summed E-state index contributed by atoms with van der Waals surface area (Å²) in [5.41, 5.74) is 3.04. The third-order valence-corrected chi connectivity index (χ3v) is 5.38. The molecule has 3 amide bonds. The minimum absolute atomic E-state index is 0.146. The Kier molecular flexibility index (Phi) is 5.24. The first kappa shape index (κ1) is 20.3. The van der Waals surface area contributed by atoms with Crippen molar-refractivity contribution in [1.82, 2.24) is 19.7 Å². The summed E-state index contributed by atoms with van der Waals surface area (Å²) in [6, 6.07) is 19.1. The van der Waals surface area contributed by atoms with Gasteiger partial charge >= 0.3 is 0 Å². The fraction of sp³-hybridized carbons (Fsp3) is 0.0800. The van der Waals surface area contributed by atoms with Crippen molar-refractivity contribution in [3.05, 3.63) is 113 Å². The largest absolute Gasteiger partial charge is 0.305 e. The molecule has 5 rings (SSSR count). The fourth-order valence-electron chi connectivity index (χ4n) is 3.71. The van der Waals surface area contributed by atoms with Crippen molar-refractivity contribution < 1.29 is 14.4 Å². The number of pyridine rings is 1. The number of rotatable bonds is 6. The molecule has 1 aliphatic rings. The molecular weight excluding hydrogens is 418 g/mol. The highest BCUT2D eigenvalue weighted by Gasteiger charge is 2.34. The summed E-state index contributed by atoms with van der Waals surface area (Å²) in [6.45, 7) is 0.698. The predicted octanol–water partition coefficient (Wildman–Crippen LogP) is 3.37. The number of carbonyl (C=O) groups is 3. The SMILES string of the molecule is O=C(Nc1ccn(Cc2cccnc2)n1)c1ccc(CN2C(=O)c3ccccc3C2=O)cc1. The van der Waals surface area contributed by atoms with Crippen LogP contribution in [0.1, 0.15) is 42.2 Å². The summed E-state index contributed by atoms with van der Waals surface area (Å²) in [4.78, 5) is 43.0. The van der Waals surface area contributed by atoms with Gasteiger partial charge in [0.25, 0.3) is 17.7 Å². The number of aromatic nitrogens is 3. The van der Waals surface area contributed by atoms with E-state index < -0.39 is 0 Å². The lowest BCUT2D eigenvalue weighted by Crippen LogP contribution is -2.29. The van der Waals surface area contributed by atoms with Gasteiger partial charge in [-0.3, -0.25) is 28.9 Å². The summed E-state index contributed by atoms with van der Waals surface area (Å²) >= 11 is 0. The van der Waals surface area contributed by atoms with E-state index in [9.17, 15) is 14.4 Å². The summed E-state index contributed by atoms with van der Waals surface area (Å²) in [6.07, 6.45) is 5.26. The molecule has 0 spiro atoms. The van der Waals surface area contributed by atoms with E-state index in [0.717, 1.165) is 11.1 Å². The molecule has 2 aromatic heterocycles. The smallest absolute Gasteiger partial charge is 0.261 e. The molecule has 4 aromatic rings. The van der Waals surface area contributed by atoms with E-state index in [4.69, 9.17) is 0 Å². The average molecular weight is 437 g/mol. The lowest BCUT2D eigenvalue weighted by atomic mass is 10.1. The maximum atomic E-state index is 12.6. The third kappa shape index (κ3) is 4.14. The average Bonchev–Trinajstić information content (AvgIpc) is 3.38. The molecule has 1 aliphatic heterocycles. The molecule has 8 heteroatoms. The lowest BCUT2D eigenvalue weighted by Gasteiger charge is -2.14. The van der Waals surface area contributed by atoms with Gasteiger partial charge in [-0.1, -0.05) is 30.3 Å². The number of imide groups is 1.